The van der Waals surface area contributed by atoms with E-state index in [4.69, 9.17) is 8.85 Å². The molecular formula is C21H42O3Si2. The van der Waals surface area contributed by atoms with Crippen molar-refractivity contribution in [3.05, 3.63) is 23.8 Å². The van der Waals surface area contributed by atoms with Crippen LogP contribution in [-0.2, 0) is 8.85 Å². The fraction of sp³-hybridized carbons (Fsp3) is 0.810. The molecule has 152 valence electrons. The molecule has 1 rings (SSSR count). The van der Waals surface area contributed by atoms with Crippen LogP contribution in [-0.4, -0.2) is 40.6 Å². The molecule has 0 aromatic carbocycles. The Balaban J connectivity index is 3.08. The highest BCUT2D eigenvalue weighted by Gasteiger charge is 2.44. The van der Waals surface area contributed by atoms with Gasteiger partial charge in [0, 0.05) is 6.42 Å². The Bertz CT molecular complexity index is 536. The van der Waals surface area contributed by atoms with E-state index in [2.05, 4.69) is 74.3 Å². The molecule has 2 atom stereocenters. The predicted octanol–water partition coefficient (Wildman–Crippen LogP) is 6.04. The van der Waals surface area contributed by atoms with Gasteiger partial charge in [0.1, 0.15) is 0 Å². The predicted molar refractivity (Wildman–Crippen MR) is 118 cm³/mol. The maximum absolute atomic E-state index is 9.45. The van der Waals surface area contributed by atoms with E-state index in [0.717, 1.165) is 24.0 Å². The van der Waals surface area contributed by atoms with Crippen molar-refractivity contribution >= 4 is 16.6 Å². The summed E-state index contributed by atoms with van der Waals surface area (Å²) in [5.41, 5.74) is 2.13. The van der Waals surface area contributed by atoms with Gasteiger partial charge >= 0.3 is 0 Å². The molecule has 1 saturated carbocycles. The Morgan fingerprint density at radius 1 is 1.00 bits per heavy atom. The van der Waals surface area contributed by atoms with Gasteiger partial charge in [0.15, 0.2) is 16.6 Å². The minimum atomic E-state index is -1.91. The highest BCUT2D eigenvalue weighted by Crippen LogP contribution is 2.43. The normalized spacial score (nSPS) is 25.0. The lowest BCUT2D eigenvalue weighted by atomic mass is 9.86. The lowest BCUT2D eigenvalue weighted by Crippen LogP contribution is -2.49. The zero-order chi connectivity index (χ0) is 20.6. The van der Waals surface area contributed by atoms with E-state index in [1.54, 1.807) is 0 Å². The van der Waals surface area contributed by atoms with Crippen molar-refractivity contribution in [3.8, 4) is 0 Å². The minimum absolute atomic E-state index is 0.0165. The van der Waals surface area contributed by atoms with Gasteiger partial charge in [-0.2, -0.15) is 0 Å². The average Bonchev–Trinajstić information content (AvgIpc) is 2.40. The minimum Gasteiger partial charge on any atom is -0.413 e. The summed E-state index contributed by atoms with van der Waals surface area (Å²) in [6, 6.07) is 0. The largest absolute Gasteiger partial charge is 0.413 e. The van der Waals surface area contributed by atoms with Gasteiger partial charge in [0.05, 0.1) is 18.8 Å². The molecule has 0 unspecified atom stereocenters. The van der Waals surface area contributed by atoms with E-state index in [1.807, 2.05) is 6.08 Å². The molecule has 0 heterocycles. The van der Waals surface area contributed by atoms with Crippen molar-refractivity contribution < 1.29 is 14.0 Å². The molecule has 0 aliphatic heterocycles. The molecule has 1 aliphatic rings. The molecule has 0 amide bonds. The average molecular weight is 399 g/mol. The molecule has 5 heteroatoms. The van der Waals surface area contributed by atoms with Crippen LogP contribution in [0.5, 0.6) is 0 Å². The van der Waals surface area contributed by atoms with Crippen molar-refractivity contribution in [1.82, 2.24) is 0 Å². The number of aliphatic hydroxyl groups is 1. The molecule has 0 aromatic heterocycles. The summed E-state index contributed by atoms with van der Waals surface area (Å²) in [5.74, 6) is 0. The number of aliphatic hydroxyl groups excluding tert-OH is 1. The van der Waals surface area contributed by atoms with E-state index >= 15 is 0 Å². The van der Waals surface area contributed by atoms with Crippen LogP contribution in [0.4, 0.5) is 0 Å². The standard InChI is InChI=1S/C21H42O3Si2/c1-16-17(12-13-22)14-18(23-25(8,9)20(2,3)4)15-19(16)24-26(10,11)21(5,6)7/h12,18-19,22H,1,13-15H2,2-11H3/b17-12+/t18-,19-/m1/s1. The molecule has 26 heavy (non-hydrogen) atoms. The lowest BCUT2D eigenvalue weighted by Gasteiger charge is -2.45. The topological polar surface area (TPSA) is 38.7 Å². The Labute approximate surface area is 164 Å². The number of rotatable bonds is 5. The molecule has 0 bridgehead atoms. The van der Waals surface area contributed by atoms with Crippen LogP contribution in [0.25, 0.3) is 0 Å². The van der Waals surface area contributed by atoms with Crippen molar-refractivity contribution in [2.24, 2.45) is 0 Å². The maximum atomic E-state index is 9.45. The summed E-state index contributed by atoms with van der Waals surface area (Å²) < 4.78 is 13.4. The second-order valence-electron chi connectivity index (χ2n) is 10.7. The number of hydrogen-bond acceptors (Lipinski definition) is 3. The lowest BCUT2D eigenvalue weighted by molar-refractivity contribution is 0.0967. The van der Waals surface area contributed by atoms with Crippen molar-refractivity contribution in [1.29, 1.82) is 0 Å². The van der Waals surface area contributed by atoms with Gasteiger partial charge in [-0.3, -0.25) is 0 Å². The monoisotopic (exact) mass is 398 g/mol. The van der Waals surface area contributed by atoms with Crippen LogP contribution < -0.4 is 0 Å². The maximum Gasteiger partial charge on any atom is 0.192 e. The van der Waals surface area contributed by atoms with Crippen LogP contribution in [0, 0.1) is 0 Å². The highest BCUT2D eigenvalue weighted by atomic mass is 28.4. The quantitative estimate of drug-likeness (QED) is 0.574. The molecule has 1 fully saturated rings. The smallest absolute Gasteiger partial charge is 0.192 e. The molecule has 0 radical (unpaired) electrons. The second-order valence-corrected chi connectivity index (χ2v) is 20.3. The van der Waals surface area contributed by atoms with E-state index in [9.17, 15) is 5.11 Å². The molecule has 0 spiro atoms. The summed E-state index contributed by atoms with van der Waals surface area (Å²) in [4.78, 5) is 0. The summed E-state index contributed by atoms with van der Waals surface area (Å²) >= 11 is 0. The molecule has 3 nitrogen and oxygen atoms in total. The van der Waals surface area contributed by atoms with E-state index < -0.39 is 16.6 Å². The summed E-state index contributed by atoms with van der Waals surface area (Å²) in [6.45, 7) is 27.1. The Kier molecular flexibility index (Phi) is 7.37. The zero-order valence-electron chi connectivity index (χ0n) is 18.8. The van der Waals surface area contributed by atoms with Gasteiger partial charge in [-0.25, -0.2) is 0 Å². The van der Waals surface area contributed by atoms with Gasteiger partial charge in [0.25, 0.3) is 0 Å². The first-order valence-electron chi connectivity index (χ1n) is 9.86. The van der Waals surface area contributed by atoms with Crippen LogP contribution in [0.3, 0.4) is 0 Å². The molecular weight excluding hydrogens is 356 g/mol. The molecule has 1 aliphatic carbocycles. The Hall–Kier alpha value is -0.206. The van der Waals surface area contributed by atoms with Gasteiger partial charge in [-0.15, -0.1) is 0 Å². The first-order valence-corrected chi connectivity index (χ1v) is 15.7. The summed E-state index contributed by atoms with van der Waals surface area (Å²) in [7, 11) is -3.76. The van der Waals surface area contributed by atoms with Crippen LogP contribution >= 0.6 is 0 Å². The fourth-order valence-corrected chi connectivity index (χ4v) is 5.38. The van der Waals surface area contributed by atoms with Crippen LogP contribution in [0.15, 0.2) is 23.8 Å². The van der Waals surface area contributed by atoms with Gasteiger partial charge < -0.3 is 14.0 Å². The molecule has 0 aromatic rings. The van der Waals surface area contributed by atoms with E-state index in [1.165, 1.54) is 0 Å². The molecule has 1 N–H and O–H groups in total. The zero-order valence-corrected chi connectivity index (χ0v) is 20.8. The second kappa shape index (κ2) is 8.04. The van der Waals surface area contributed by atoms with E-state index in [-0.39, 0.29) is 28.9 Å². The fourth-order valence-electron chi connectivity index (χ4n) is 2.71. The van der Waals surface area contributed by atoms with Gasteiger partial charge in [0.2, 0.25) is 0 Å². The Morgan fingerprint density at radius 3 is 1.88 bits per heavy atom. The van der Waals surface area contributed by atoms with Crippen molar-refractivity contribution in [3.63, 3.8) is 0 Å². The van der Waals surface area contributed by atoms with Crippen molar-refractivity contribution in [2.75, 3.05) is 6.61 Å². The van der Waals surface area contributed by atoms with E-state index in [0.29, 0.717) is 0 Å². The SMILES string of the molecule is C=C1/C(=C/CO)C[C@@H](O[Si](C)(C)C(C)(C)C)C[C@H]1O[Si](C)(C)C(C)(C)C. The van der Waals surface area contributed by atoms with Crippen LogP contribution in [0.1, 0.15) is 54.4 Å². The third kappa shape index (κ3) is 5.65. The first kappa shape index (κ1) is 23.8. The first-order chi connectivity index (χ1) is 11.5. The third-order valence-electron chi connectivity index (χ3n) is 6.57. The van der Waals surface area contributed by atoms with Gasteiger partial charge in [-0.1, -0.05) is 54.2 Å². The van der Waals surface area contributed by atoms with Crippen LogP contribution in [0.2, 0.25) is 36.3 Å². The highest BCUT2D eigenvalue weighted by molar-refractivity contribution is 6.74. The van der Waals surface area contributed by atoms with Gasteiger partial charge in [-0.05, 0) is 53.8 Å². The summed E-state index contributed by atoms with van der Waals surface area (Å²) in [6.07, 6.45) is 3.68. The summed E-state index contributed by atoms with van der Waals surface area (Å²) in [5, 5.41) is 9.78. The Morgan fingerprint density at radius 2 is 1.46 bits per heavy atom. The third-order valence-corrected chi connectivity index (χ3v) is 15.6. The number of hydrogen-bond donors (Lipinski definition) is 1. The molecule has 0 saturated heterocycles. The van der Waals surface area contributed by atoms with Crippen molar-refractivity contribution in [2.45, 2.75) is 103 Å².